The van der Waals surface area contributed by atoms with Crippen LogP contribution in [0.25, 0.3) is 0 Å². The molecule has 0 heterocycles. The monoisotopic (exact) mass is 247 g/mol. The fourth-order valence-corrected chi connectivity index (χ4v) is 1.56. The first-order chi connectivity index (χ1) is 8.08. The molecule has 96 valence electrons. The molecule has 1 atom stereocenters. The van der Waals surface area contributed by atoms with E-state index in [1.54, 1.807) is 0 Å². The Morgan fingerprint density at radius 1 is 1.18 bits per heavy atom. The molecule has 0 aliphatic heterocycles. The summed E-state index contributed by atoms with van der Waals surface area (Å²) >= 11 is 0. The van der Waals surface area contributed by atoms with Gasteiger partial charge in [-0.3, -0.25) is 0 Å². The van der Waals surface area contributed by atoms with E-state index < -0.39 is 17.5 Å². The lowest BCUT2D eigenvalue weighted by molar-refractivity contribution is 0.261. The second kappa shape index (κ2) is 6.61. The molecule has 0 amide bonds. The average molecular weight is 247 g/mol. The molecule has 2 nitrogen and oxygen atoms in total. The Morgan fingerprint density at radius 2 is 1.82 bits per heavy atom. The zero-order valence-corrected chi connectivity index (χ0v) is 9.64. The topological polar surface area (TPSA) is 32.3 Å². The molecule has 0 aromatic heterocycles. The maximum absolute atomic E-state index is 13.3. The number of nitrogens with one attached hydrogen (secondary N) is 1. The Balaban J connectivity index is 2.65. The lowest BCUT2D eigenvalue weighted by atomic mass is 10.1. The van der Waals surface area contributed by atoms with Gasteiger partial charge < -0.3 is 10.4 Å². The summed E-state index contributed by atoms with van der Waals surface area (Å²) in [6.45, 7) is 2.07. The van der Waals surface area contributed by atoms with E-state index in [-0.39, 0.29) is 24.8 Å². The Morgan fingerprint density at radius 3 is 2.41 bits per heavy atom. The van der Waals surface area contributed by atoms with E-state index in [0.29, 0.717) is 12.5 Å². The highest BCUT2D eigenvalue weighted by molar-refractivity contribution is 5.20. The van der Waals surface area contributed by atoms with Gasteiger partial charge in [0.15, 0.2) is 11.6 Å². The summed E-state index contributed by atoms with van der Waals surface area (Å²) in [5.41, 5.74) is 0.0836. The Hall–Kier alpha value is -1.07. The zero-order chi connectivity index (χ0) is 12.8. The largest absolute Gasteiger partial charge is 0.396 e. The molecule has 1 aromatic rings. The van der Waals surface area contributed by atoms with Gasteiger partial charge >= 0.3 is 0 Å². The number of hydrogen-bond acceptors (Lipinski definition) is 2. The normalized spacial score (nSPS) is 12.8. The number of aliphatic hydroxyl groups is 1. The molecule has 0 saturated carbocycles. The maximum atomic E-state index is 13.3. The molecular formula is C12H16F3NO. The third-order valence-corrected chi connectivity index (χ3v) is 2.64. The van der Waals surface area contributed by atoms with Crippen molar-refractivity contribution in [2.75, 3.05) is 6.61 Å². The SMILES string of the molecule is CCC(CCO)NCc1cc(F)c(F)cc1F. The van der Waals surface area contributed by atoms with Crippen LogP contribution < -0.4 is 5.32 Å². The molecule has 5 heteroatoms. The summed E-state index contributed by atoms with van der Waals surface area (Å²) in [5.74, 6) is -3.01. The molecule has 0 radical (unpaired) electrons. The van der Waals surface area contributed by atoms with Crippen molar-refractivity contribution in [2.24, 2.45) is 0 Å². The van der Waals surface area contributed by atoms with Crippen LogP contribution >= 0.6 is 0 Å². The van der Waals surface area contributed by atoms with Crippen molar-refractivity contribution in [1.29, 1.82) is 0 Å². The van der Waals surface area contributed by atoms with Gasteiger partial charge in [0.05, 0.1) is 0 Å². The van der Waals surface area contributed by atoms with Crippen LogP contribution in [0.1, 0.15) is 25.3 Å². The molecule has 1 aromatic carbocycles. The highest BCUT2D eigenvalue weighted by Crippen LogP contribution is 2.14. The second-order valence-electron chi connectivity index (χ2n) is 3.86. The Kier molecular flexibility index (Phi) is 5.44. The van der Waals surface area contributed by atoms with Crippen molar-refractivity contribution in [3.8, 4) is 0 Å². The summed E-state index contributed by atoms with van der Waals surface area (Å²) in [6, 6.07) is 1.43. The van der Waals surface area contributed by atoms with E-state index >= 15 is 0 Å². The highest BCUT2D eigenvalue weighted by atomic mass is 19.2. The summed E-state index contributed by atoms with van der Waals surface area (Å²) in [4.78, 5) is 0. The van der Waals surface area contributed by atoms with Crippen LogP contribution in [-0.2, 0) is 6.54 Å². The van der Waals surface area contributed by atoms with Gasteiger partial charge in [0.1, 0.15) is 5.82 Å². The molecule has 1 rings (SSSR count). The van der Waals surface area contributed by atoms with Crippen LogP contribution in [0.2, 0.25) is 0 Å². The first-order valence-corrected chi connectivity index (χ1v) is 5.56. The molecule has 2 N–H and O–H groups in total. The number of hydrogen-bond donors (Lipinski definition) is 2. The Labute approximate surface area is 98.5 Å². The molecular weight excluding hydrogens is 231 g/mol. The zero-order valence-electron chi connectivity index (χ0n) is 9.64. The highest BCUT2D eigenvalue weighted by Gasteiger charge is 2.11. The molecule has 0 spiro atoms. The van der Waals surface area contributed by atoms with Gasteiger partial charge in [-0.05, 0) is 18.9 Å². The van der Waals surface area contributed by atoms with Gasteiger partial charge in [-0.1, -0.05) is 6.92 Å². The van der Waals surface area contributed by atoms with Gasteiger partial charge in [-0.15, -0.1) is 0 Å². The van der Waals surface area contributed by atoms with Crippen LogP contribution in [0.15, 0.2) is 12.1 Å². The van der Waals surface area contributed by atoms with Crippen molar-refractivity contribution >= 4 is 0 Å². The van der Waals surface area contributed by atoms with E-state index in [9.17, 15) is 13.2 Å². The molecule has 1 unspecified atom stereocenters. The van der Waals surface area contributed by atoms with Crippen LogP contribution in [0.3, 0.4) is 0 Å². The van der Waals surface area contributed by atoms with Crippen LogP contribution in [0.5, 0.6) is 0 Å². The molecule has 17 heavy (non-hydrogen) atoms. The van der Waals surface area contributed by atoms with Gasteiger partial charge in [0.2, 0.25) is 0 Å². The number of benzene rings is 1. The average Bonchev–Trinajstić information content (AvgIpc) is 2.30. The standard InChI is InChI=1S/C12H16F3NO/c1-2-9(3-4-17)16-7-8-5-11(14)12(15)6-10(8)13/h5-6,9,16-17H,2-4,7H2,1H3. The minimum absolute atomic E-state index is 0.0335. The van der Waals surface area contributed by atoms with Gasteiger partial charge in [0.25, 0.3) is 0 Å². The number of halogens is 3. The predicted octanol–water partition coefficient (Wildman–Crippen LogP) is 2.35. The lowest BCUT2D eigenvalue weighted by Gasteiger charge is -2.16. The van der Waals surface area contributed by atoms with Gasteiger partial charge in [-0.2, -0.15) is 0 Å². The maximum Gasteiger partial charge on any atom is 0.161 e. The van der Waals surface area contributed by atoms with Crippen molar-refractivity contribution < 1.29 is 18.3 Å². The van der Waals surface area contributed by atoms with Crippen molar-refractivity contribution in [3.05, 3.63) is 35.1 Å². The molecule has 0 aliphatic carbocycles. The van der Waals surface area contributed by atoms with E-state index in [1.807, 2.05) is 6.92 Å². The number of rotatable bonds is 6. The third kappa shape index (κ3) is 4.02. The minimum atomic E-state index is -1.19. The van der Waals surface area contributed by atoms with Crippen LogP contribution in [0, 0.1) is 17.5 Å². The van der Waals surface area contributed by atoms with Crippen LogP contribution in [-0.4, -0.2) is 17.8 Å². The molecule has 0 saturated heterocycles. The summed E-state index contributed by atoms with van der Waals surface area (Å²) < 4.78 is 38.9. The van der Waals surface area contributed by atoms with Crippen molar-refractivity contribution in [2.45, 2.75) is 32.4 Å². The predicted molar refractivity (Wildman–Crippen MR) is 58.9 cm³/mol. The van der Waals surface area contributed by atoms with Crippen LogP contribution in [0.4, 0.5) is 13.2 Å². The van der Waals surface area contributed by atoms with Gasteiger partial charge in [0, 0.05) is 30.8 Å². The molecule has 0 aliphatic rings. The third-order valence-electron chi connectivity index (χ3n) is 2.64. The smallest absolute Gasteiger partial charge is 0.161 e. The second-order valence-corrected chi connectivity index (χ2v) is 3.86. The summed E-state index contributed by atoms with van der Waals surface area (Å²) in [6.07, 6.45) is 1.31. The first kappa shape index (κ1) is 14.0. The summed E-state index contributed by atoms with van der Waals surface area (Å²) in [7, 11) is 0. The van der Waals surface area contributed by atoms with E-state index in [4.69, 9.17) is 5.11 Å². The fourth-order valence-electron chi connectivity index (χ4n) is 1.56. The quantitative estimate of drug-likeness (QED) is 0.756. The first-order valence-electron chi connectivity index (χ1n) is 5.56. The van der Waals surface area contributed by atoms with E-state index in [1.165, 1.54) is 0 Å². The number of aliphatic hydroxyl groups excluding tert-OH is 1. The molecule has 0 fully saturated rings. The van der Waals surface area contributed by atoms with Gasteiger partial charge in [-0.25, -0.2) is 13.2 Å². The van der Waals surface area contributed by atoms with E-state index in [0.717, 1.165) is 12.5 Å². The summed E-state index contributed by atoms with van der Waals surface area (Å²) in [5, 5.41) is 11.8. The minimum Gasteiger partial charge on any atom is -0.396 e. The van der Waals surface area contributed by atoms with E-state index in [2.05, 4.69) is 5.32 Å². The van der Waals surface area contributed by atoms with Crippen molar-refractivity contribution in [1.82, 2.24) is 5.32 Å². The Bertz CT molecular complexity index is 371. The lowest BCUT2D eigenvalue weighted by Crippen LogP contribution is -2.29. The van der Waals surface area contributed by atoms with Crippen molar-refractivity contribution in [3.63, 3.8) is 0 Å². The fraction of sp³-hybridized carbons (Fsp3) is 0.500. The molecule has 0 bridgehead atoms.